The summed E-state index contributed by atoms with van der Waals surface area (Å²) in [7, 11) is 0. The van der Waals surface area contributed by atoms with Crippen LogP contribution in [0.4, 0.5) is 11.4 Å². The standard InChI is InChI=1S/C28H39N3/c1-2-3-4-6-10-23-13-17-26(18-14-23)31(28-29-21-9-22-30-28)27-19-15-25(16-20-27)24-11-7-5-8-12-24/h13-20,24H,2-12,21-22H2,1H3,(H,29,30). The van der Waals surface area contributed by atoms with Crippen LogP contribution in [-0.2, 0) is 6.42 Å². The van der Waals surface area contributed by atoms with E-state index in [1.54, 1.807) is 0 Å². The summed E-state index contributed by atoms with van der Waals surface area (Å²) >= 11 is 0. The van der Waals surface area contributed by atoms with Gasteiger partial charge in [0.15, 0.2) is 0 Å². The molecule has 1 aliphatic carbocycles. The average Bonchev–Trinajstić information content (AvgIpc) is 2.85. The first-order chi connectivity index (χ1) is 15.3. The number of anilines is 2. The maximum absolute atomic E-state index is 4.82. The van der Waals surface area contributed by atoms with E-state index in [0.29, 0.717) is 0 Å². The normalized spacial score (nSPS) is 17.1. The summed E-state index contributed by atoms with van der Waals surface area (Å²) in [5.41, 5.74) is 5.33. The van der Waals surface area contributed by atoms with Crippen molar-refractivity contribution in [2.45, 2.75) is 83.5 Å². The number of rotatable bonds is 8. The first-order valence-corrected chi connectivity index (χ1v) is 12.6. The third kappa shape index (κ3) is 5.90. The van der Waals surface area contributed by atoms with Crippen molar-refractivity contribution < 1.29 is 0 Å². The van der Waals surface area contributed by atoms with E-state index in [1.165, 1.54) is 86.7 Å². The van der Waals surface area contributed by atoms with Crippen molar-refractivity contribution in [3.8, 4) is 0 Å². The largest absolute Gasteiger partial charge is 0.356 e. The van der Waals surface area contributed by atoms with Gasteiger partial charge in [-0.15, -0.1) is 0 Å². The number of nitrogens with zero attached hydrogens (tertiary/aromatic N) is 2. The molecule has 1 heterocycles. The van der Waals surface area contributed by atoms with Gasteiger partial charge in [0.2, 0.25) is 5.96 Å². The Morgan fingerprint density at radius 3 is 2.19 bits per heavy atom. The van der Waals surface area contributed by atoms with Gasteiger partial charge in [-0.3, -0.25) is 9.89 Å². The van der Waals surface area contributed by atoms with Crippen LogP contribution < -0.4 is 10.2 Å². The zero-order valence-electron chi connectivity index (χ0n) is 19.3. The van der Waals surface area contributed by atoms with Gasteiger partial charge in [0.05, 0.1) is 0 Å². The number of aryl methyl sites for hydroxylation is 1. The highest BCUT2D eigenvalue weighted by molar-refractivity contribution is 6.03. The van der Waals surface area contributed by atoms with Gasteiger partial charge in [-0.05, 0) is 73.4 Å². The molecule has 0 aromatic heterocycles. The third-order valence-electron chi connectivity index (χ3n) is 6.83. The summed E-state index contributed by atoms with van der Waals surface area (Å²) in [5.74, 6) is 1.72. The van der Waals surface area contributed by atoms with Crippen LogP contribution in [0, 0.1) is 0 Å². The van der Waals surface area contributed by atoms with E-state index in [2.05, 4.69) is 65.7 Å². The summed E-state index contributed by atoms with van der Waals surface area (Å²) < 4.78 is 0. The second-order valence-corrected chi connectivity index (χ2v) is 9.22. The lowest BCUT2D eigenvalue weighted by atomic mass is 9.84. The smallest absolute Gasteiger partial charge is 0.203 e. The molecule has 2 aromatic carbocycles. The van der Waals surface area contributed by atoms with Gasteiger partial charge in [0.1, 0.15) is 0 Å². The van der Waals surface area contributed by atoms with E-state index in [4.69, 9.17) is 4.99 Å². The Hall–Kier alpha value is -2.29. The molecule has 0 saturated heterocycles. The molecule has 4 rings (SSSR count). The van der Waals surface area contributed by atoms with Crippen LogP contribution in [-0.4, -0.2) is 19.0 Å². The van der Waals surface area contributed by atoms with E-state index in [0.717, 1.165) is 31.4 Å². The second kappa shape index (κ2) is 11.4. The van der Waals surface area contributed by atoms with E-state index in [1.807, 2.05) is 0 Å². The quantitative estimate of drug-likeness (QED) is 0.455. The molecule has 3 nitrogen and oxygen atoms in total. The lowest BCUT2D eigenvalue weighted by molar-refractivity contribution is 0.443. The Balaban J connectivity index is 1.53. The summed E-state index contributed by atoms with van der Waals surface area (Å²) in [6.45, 7) is 4.16. The fourth-order valence-corrected chi connectivity index (χ4v) is 4.96. The Kier molecular flexibility index (Phi) is 8.04. The lowest BCUT2D eigenvalue weighted by Gasteiger charge is -2.30. The van der Waals surface area contributed by atoms with Crippen LogP contribution in [0.25, 0.3) is 0 Å². The molecule has 0 spiro atoms. The van der Waals surface area contributed by atoms with Crippen LogP contribution in [0.5, 0.6) is 0 Å². The summed E-state index contributed by atoms with van der Waals surface area (Å²) in [5, 5.41) is 3.53. The molecule has 2 aliphatic rings. The molecule has 2 aromatic rings. The minimum atomic E-state index is 0.744. The molecule has 1 N–H and O–H groups in total. The molecule has 1 saturated carbocycles. The van der Waals surface area contributed by atoms with Crippen LogP contribution in [0.1, 0.15) is 88.2 Å². The number of benzene rings is 2. The number of aliphatic imine (C=N–C) groups is 1. The van der Waals surface area contributed by atoms with Crippen molar-refractivity contribution >= 4 is 17.3 Å². The highest BCUT2D eigenvalue weighted by atomic mass is 15.3. The molecule has 166 valence electrons. The van der Waals surface area contributed by atoms with Crippen LogP contribution in [0.3, 0.4) is 0 Å². The topological polar surface area (TPSA) is 27.6 Å². The molecular formula is C28H39N3. The van der Waals surface area contributed by atoms with Crippen molar-refractivity contribution in [3.63, 3.8) is 0 Å². The fourth-order valence-electron chi connectivity index (χ4n) is 4.96. The Labute approximate surface area is 189 Å². The van der Waals surface area contributed by atoms with E-state index < -0.39 is 0 Å². The van der Waals surface area contributed by atoms with Gasteiger partial charge in [0.25, 0.3) is 0 Å². The van der Waals surface area contributed by atoms with E-state index in [-0.39, 0.29) is 0 Å². The highest BCUT2D eigenvalue weighted by Gasteiger charge is 2.20. The SMILES string of the molecule is CCCCCCc1ccc(N(C2=NCCCN2)c2ccc(C3CCCCC3)cc2)cc1. The maximum Gasteiger partial charge on any atom is 0.203 e. The van der Waals surface area contributed by atoms with Gasteiger partial charge in [-0.2, -0.15) is 0 Å². The maximum atomic E-state index is 4.82. The average molecular weight is 418 g/mol. The number of hydrogen-bond acceptors (Lipinski definition) is 3. The van der Waals surface area contributed by atoms with Crippen molar-refractivity contribution in [1.29, 1.82) is 0 Å². The summed E-state index contributed by atoms with van der Waals surface area (Å²) in [4.78, 5) is 7.12. The Morgan fingerprint density at radius 2 is 1.55 bits per heavy atom. The summed E-state index contributed by atoms with van der Waals surface area (Å²) in [6, 6.07) is 18.4. The number of guanidine groups is 1. The van der Waals surface area contributed by atoms with Crippen LogP contribution in [0.15, 0.2) is 53.5 Å². The predicted molar refractivity (Wildman–Crippen MR) is 134 cm³/mol. The van der Waals surface area contributed by atoms with Gasteiger partial charge in [-0.25, -0.2) is 0 Å². The van der Waals surface area contributed by atoms with Crippen molar-refractivity contribution in [2.24, 2.45) is 4.99 Å². The zero-order valence-corrected chi connectivity index (χ0v) is 19.3. The minimum Gasteiger partial charge on any atom is -0.356 e. The molecule has 31 heavy (non-hydrogen) atoms. The van der Waals surface area contributed by atoms with Gasteiger partial charge in [-0.1, -0.05) is 69.7 Å². The van der Waals surface area contributed by atoms with E-state index in [9.17, 15) is 0 Å². The van der Waals surface area contributed by atoms with Crippen LogP contribution >= 0.6 is 0 Å². The molecule has 0 atom stereocenters. The third-order valence-corrected chi connectivity index (χ3v) is 6.83. The number of nitrogens with one attached hydrogen (secondary N) is 1. The molecule has 0 radical (unpaired) electrons. The fraction of sp³-hybridized carbons (Fsp3) is 0.536. The summed E-state index contributed by atoms with van der Waals surface area (Å²) in [6.07, 6.45) is 14.4. The van der Waals surface area contributed by atoms with Gasteiger partial charge in [0, 0.05) is 24.5 Å². The van der Waals surface area contributed by atoms with Crippen molar-refractivity contribution in [3.05, 3.63) is 59.7 Å². The molecule has 1 aliphatic heterocycles. The first-order valence-electron chi connectivity index (χ1n) is 12.6. The monoisotopic (exact) mass is 417 g/mol. The Bertz CT molecular complexity index is 816. The second-order valence-electron chi connectivity index (χ2n) is 9.22. The first kappa shape index (κ1) is 21.9. The van der Waals surface area contributed by atoms with Crippen LogP contribution in [0.2, 0.25) is 0 Å². The van der Waals surface area contributed by atoms with E-state index >= 15 is 0 Å². The van der Waals surface area contributed by atoms with Crippen molar-refractivity contribution in [1.82, 2.24) is 5.32 Å². The predicted octanol–water partition coefficient (Wildman–Crippen LogP) is 7.34. The molecule has 3 heteroatoms. The zero-order chi connectivity index (χ0) is 21.3. The Morgan fingerprint density at radius 1 is 0.839 bits per heavy atom. The molecule has 0 bridgehead atoms. The number of hydrogen-bond donors (Lipinski definition) is 1. The molecule has 0 unspecified atom stereocenters. The molecule has 0 amide bonds. The lowest BCUT2D eigenvalue weighted by Crippen LogP contribution is -2.41. The number of unbranched alkanes of at least 4 members (excludes halogenated alkanes) is 3. The minimum absolute atomic E-state index is 0.744. The highest BCUT2D eigenvalue weighted by Crippen LogP contribution is 2.34. The molecule has 1 fully saturated rings. The van der Waals surface area contributed by atoms with Crippen molar-refractivity contribution in [2.75, 3.05) is 18.0 Å². The van der Waals surface area contributed by atoms with Gasteiger partial charge >= 0.3 is 0 Å². The van der Waals surface area contributed by atoms with Gasteiger partial charge < -0.3 is 5.32 Å². The molecular weight excluding hydrogens is 378 g/mol.